The first-order valence-corrected chi connectivity index (χ1v) is 7.95. The molecule has 0 amide bonds. The highest BCUT2D eigenvalue weighted by Gasteiger charge is 2.02. The smallest absolute Gasteiger partial charge is 0.252 e. The van der Waals surface area contributed by atoms with Crippen LogP contribution in [0.1, 0.15) is 25.5 Å². The molecule has 0 saturated heterocycles. The molecule has 1 aromatic carbocycles. The van der Waals surface area contributed by atoms with Gasteiger partial charge < -0.3 is 5.32 Å². The Labute approximate surface area is 123 Å². The summed E-state index contributed by atoms with van der Waals surface area (Å²) in [6.07, 6.45) is 5.00. The average molecular weight is 289 g/mol. The number of aromatic amines is 1. The summed E-state index contributed by atoms with van der Waals surface area (Å²) in [5, 5.41) is 3.16. The minimum Gasteiger partial charge on any atom is -0.326 e. The Morgan fingerprint density at radius 1 is 1.35 bits per heavy atom. The molecular weight excluding hydrogens is 270 g/mol. The molecule has 4 nitrogen and oxygen atoms in total. The summed E-state index contributed by atoms with van der Waals surface area (Å²) in [5.41, 5.74) is 1.64. The lowest BCUT2D eigenvalue weighted by atomic mass is 10.2. The van der Waals surface area contributed by atoms with Crippen molar-refractivity contribution in [3.63, 3.8) is 0 Å². The van der Waals surface area contributed by atoms with Crippen LogP contribution in [0, 0.1) is 0 Å². The van der Waals surface area contributed by atoms with E-state index in [2.05, 4.69) is 22.2 Å². The minimum absolute atomic E-state index is 0.116. The van der Waals surface area contributed by atoms with Crippen LogP contribution in [0.15, 0.2) is 40.0 Å². The van der Waals surface area contributed by atoms with Crippen LogP contribution in [0.4, 0.5) is 11.6 Å². The molecule has 2 N–H and O–H groups in total. The Hall–Kier alpha value is -1.75. The number of rotatable bonds is 6. The zero-order valence-corrected chi connectivity index (χ0v) is 12.6. The lowest BCUT2D eigenvalue weighted by molar-refractivity contribution is 0.772. The number of aryl methyl sites for hydroxylation is 1. The van der Waals surface area contributed by atoms with Crippen LogP contribution in [0.2, 0.25) is 0 Å². The highest BCUT2D eigenvalue weighted by Crippen LogP contribution is 2.20. The summed E-state index contributed by atoms with van der Waals surface area (Å²) in [6.45, 7) is 2.13. The largest absolute Gasteiger partial charge is 0.326 e. The molecule has 0 atom stereocenters. The first-order valence-electron chi connectivity index (χ1n) is 6.72. The molecule has 5 heteroatoms. The van der Waals surface area contributed by atoms with Crippen molar-refractivity contribution in [2.45, 2.75) is 31.1 Å². The first kappa shape index (κ1) is 14.7. The van der Waals surface area contributed by atoms with Crippen LogP contribution in [-0.2, 0) is 6.42 Å². The van der Waals surface area contributed by atoms with Gasteiger partial charge in [0.25, 0.3) is 5.56 Å². The maximum Gasteiger partial charge on any atom is 0.252 e. The van der Waals surface area contributed by atoms with E-state index in [1.54, 1.807) is 17.8 Å². The van der Waals surface area contributed by atoms with Crippen molar-refractivity contribution >= 4 is 23.4 Å². The van der Waals surface area contributed by atoms with Crippen molar-refractivity contribution < 1.29 is 0 Å². The van der Waals surface area contributed by atoms with Crippen molar-refractivity contribution in [1.29, 1.82) is 0 Å². The number of hydrogen-bond donors (Lipinski definition) is 2. The molecule has 0 aliphatic rings. The number of aromatic nitrogens is 2. The van der Waals surface area contributed by atoms with Gasteiger partial charge in [-0.05, 0) is 37.3 Å². The van der Waals surface area contributed by atoms with E-state index in [9.17, 15) is 4.79 Å². The van der Waals surface area contributed by atoms with Crippen LogP contribution < -0.4 is 10.9 Å². The van der Waals surface area contributed by atoms with Crippen molar-refractivity contribution in [3.8, 4) is 0 Å². The normalized spacial score (nSPS) is 10.5. The summed E-state index contributed by atoms with van der Waals surface area (Å²) in [6, 6.07) is 9.58. The minimum atomic E-state index is -0.116. The number of anilines is 2. The number of unbranched alkanes of at least 4 members (excludes halogenated alkanes) is 1. The summed E-state index contributed by atoms with van der Waals surface area (Å²) in [7, 11) is 0. The molecular formula is C15H19N3OS. The van der Waals surface area contributed by atoms with E-state index < -0.39 is 0 Å². The van der Waals surface area contributed by atoms with Gasteiger partial charge in [-0.25, -0.2) is 4.98 Å². The van der Waals surface area contributed by atoms with Crippen molar-refractivity contribution in [2.75, 3.05) is 11.6 Å². The highest BCUT2D eigenvalue weighted by atomic mass is 32.2. The highest BCUT2D eigenvalue weighted by molar-refractivity contribution is 7.98. The van der Waals surface area contributed by atoms with Crippen molar-refractivity contribution in [1.82, 2.24) is 9.97 Å². The number of benzene rings is 1. The number of H-pyrrole nitrogens is 1. The Bertz CT molecular complexity index is 625. The third-order valence-electron chi connectivity index (χ3n) is 2.91. The molecule has 1 aromatic heterocycles. The van der Waals surface area contributed by atoms with E-state index in [-0.39, 0.29) is 5.56 Å². The van der Waals surface area contributed by atoms with Crippen LogP contribution in [0.5, 0.6) is 0 Å². The van der Waals surface area contributed by atoms with Gasteiger partial charge in [0.2, 0.25) is 5.95 Å². The van der Waals surface area contributed by atoms with Gasteiger partial charge in [-0.3, -0.25) is 9.78 Å². The molecule has 0 bridgehead atoms. The Morgan fingerprint density at radius 2 is 2.20 bits per heavy atom. The van der Waals surface area contributed by atoms with Gasteiger partial charge in [0.05, 0.1) is 0 Å². The average Bonchev–Trinajstić information content (AvgIpc) is 2.44. The molecule has 0 spiro atoms. The predicted molar refractivity (Wildman–Crippen MR) is 85.0 cm³/mol. The zero-order valence-electron chi connectivity index (χ0n) is 11.8. The molecule has 20 heavy (non-hydrogen) atoms. The second kappa shape index (κ2) is 7.14. The monoisotopic (exact) mass is 289 g/mol. The van der Waals surface area contributed by atoms with Crippen LogP contribution in [-0.4, -0.2) is 16.2 Å². The number of nitrogens with one attached hydrogen (secondary N) is 2. The van der Waals surface area contributed by atoms with Gasteiger partial charge in [-0.15, -0.1) is 11.8 Å². The maximum absolute atomic E-state index is 11.6. The van der Waals surface area contributed by atoms with Gasteiger partial charge in [-0.1, -0.05) is 19.4 Å². The molecule has 0 fully saturated rings. The fourth-order valence-electron chi connectivity index (χ4n) is 1.89. The quantitative estimate of drug-likeness (QED) is 0.798. The van der Waals surface area contributed by atoms with E-state index in [0.717, 1.165) is 30.6 Å². The summed E-state index contributed by atoms with van der Waals surface area (Å²) in [4.78, 5) is 20.0. The Balaban J connectivity index is 2.19. The summed E-state index contributed by atoms with van der Waals surface area (Å²) >= 11 is 1.68. The second-order valence-electron chi connectivity index (χ2n) is 4.55. The van der Waals surface area contributed by atoms with E-state index in [1.165, 1.54) is 4.90 Å². The van der Waals surface area contributed by atoms with E-state index in [1.807, 2.05) is 30.5 Å². The fraction of sp³-hybridized carbons (Fsp3) is 0.333. The zero-order chi connectivity index (χ0) is 14.4. The van der Waals surface area contributed by atoms with Crippen LogP contribution in [0.3, 0.4) is 0 Å². The third kappa shape index (κ3) is 4.13. The van der Waals surface area contributed by atoms with Gasteiger partial charge >= 0.3 is 0 Å². The molecule has 0 unspecified atom stereocenters. The van der Waals surface area contributed by atoms with Crippen LogP contribution >= 0.6 is 11.8 Å². The summed E-state index contributed by atoms with van der Waals surface area (Å²) < 4.78 is 0. The lowest BCUT2D eigenvalue weighted by Gasteiger charge is -2.08. The third-order valence-corrected chi connectivity index (χ3v) is 3.64. The lowest BCUT2D eigenvalue weighted by Crippen LogP contribution is -2.12. The molecule has 2 aromatic rings. The predicted octanol–water partition coefficient (Wildman–Crippen LogP) is 3.58. The molecule has 106 valence electrons. The second-order valence-corrected chi connectivity index (χ2v) is 5.43. The standard InChI is InChI=1S/C15H19N3OS/c1-3-4-6-12-10-14(19)18-15(17-12)16-11-7-5-8-13(9-11)20-2/h5,7-10H,3-4,6H2,1-2H3,(H2,16,17,18,19). The Kier molecular flexibility index (Phi) is 5.24. The van der Waals surface area contributed by atoms with Gasteiger partial charge in [0, 0.05) is 22.3 Å². The van der Waals surface area contributed by atoms with Crippen molar-refractivity contribution in [2.24, 2.45) is 0 Å². The molecule has 0 saturated carbocycles. The number of thioether (sulfide) groups is 1. The maximum atomic E-state index is 11.6. The summed E-state index contributed by atoms with van der Waals surface area (Å²) in [5.74, 6) is 0.502. The fourth-order valence-corrected chi connectivity index (χ4v) is 2.35. The first-order chi connectivity index (χ1) is 9.71. The van der Waals surface area contributed by atoms with Crippen LogP contribution in [0.25, 0.3) is 0 Å². The number of nitrogens with zero attached hydrogens (tertiary/aromatic N) is 1. The molecule has 1 heterocycles. The van der Waals surface area contributed by atoms with Crippen molar-refractivity contribution in [3.05, 3.63) is 46.4 Å². The van der Waals surface area contributed by atoms with E-state index in [4.69, 9.17) is 0 Å². The molecule has 0 aliphatic carbocycles. The SMILES string of the molecule is CCCCc1cc(=O)[nH]c(Nc2cccc(SC)c2)n1. The van der Waals surface area contributed by atoms with Gasteiger partial charge in [0.15, 0.2) is 0 Å². The molecule has 0 radical (unpaired) electrons. The van der Waals surface area contributed by atoms with E-state index in [0.29, 0.717) is 5.95 Å². The molecule has 0 aliphatic heterocycles. The van der Waals surface area contributed by atoms with E-state index >= 15 is 0 Å². The number of hydrogen-bond acceptors (Lipinski definition) is 4. The molecule has 2 rings (SSSR count). The van der Waals surface area contributed by atoms with Gasteiger partial charge in [0.1, 0.15) is 0 Å². The Morgan fingerprint density at radius 3 is 2.95 bits per heavy atom. The topological polar surface area (TPSA) is 57.8 Å². The van der Waals surface area contributed by atoms with Gasteiger partial charge in [-0.2, -0.15) is 0 Å².